The Labute approximate surface area is 101 Å². The van der Waals surface area contributed by atoms with E-state index in [9.17, 15) is 8.42 Å². The van der Waals surface area contributed by atoms with Gasteiger partial charge in [-0.1, -0.05) is 59.1 Å². The molecule has 0 bridgehead atoms. The third-order valence-corrected chi connectivity index (χ3v) is 2.24. The molecular weight excluding hydrogens is 220 g/mol. The predicted molar refractivity (Wildman–Crippen MR) is 75.2 cm³/mol. The lowest BCUT2D eigenvalue weighted by Gasteiger charge is -1.95. The average Bonchev–Trinajstić information content (AvgIpc) is 2.28. The Kier molecular flexibility index (Phi) is 17.7. The molecule has 0 spiro atoms. The van der Waals surface area contributed by atoms with Crippen molar-refractivity contribution in [3.8, 4) is 0 Å². The van der Waals surface area contributed by atoms with Crippen LogP contribution in [0.5, 0.6) is 0 Å². The third-order valence-electron chi connectivity index (χ3n) is 1.11. The summed E-state index contributed by atoms with van der Waals surface area (Å²) in [6, 6.07) is 0. The molecule has 2 nitrogen and oxygen atoms in total. The molecule has 0 amide bonds. The lowest BCUT2D eigenvalue weighted by atomic mass is 10.4. The van der Waals surface area contributed by atoms with Gasteiger partial charge in [0.1, 0.15) is 0 Å². The van der Waals surface area contributed by atoms with Crippen LogP contribution in [0.1, 0.15) is 27.7 Å². The van der Waals surface area contributed by atoms with Crippen molar-refractivity contribution in [3.63, 3.8) is 0 Å². The van der Waals surface area contributed by atoms with E-state index in [4.69, 9.17) is 0 Å². The Morgan fingerprint density at radius 3 is 1.69 bits per heavy atom. The molecule has 16 heavy (non-hydrogen) atoms. The molecule has 0 unspecified atom stereocenters. The van der Waals surface area contributed by atoms with Crippen molar-refractivity contribution in [2.75, 3.05) is 6.26 Å². The monoisotopic (exact) mass is 244 g/mol. The van der Waals surface area contributed by atoms with Crippen LogP contribution < -0.4 is 0 Å². The van der Waals surface area contributed by atoms with Crippen LogP contribution >= 0.6 is 0 Å². The number of rotatable bonds is 4. The summed E-state index contributed by atoms with van der Waals surface area (Å²) in [5.41, 5.74) is 0. The van der Waals surface area contributed by atoms with Gasteiger partial charge < -0.3 is 0 Å². The third kappa shape index (κ3) is 12.9. The summed E-state index contributed by atoms with van der Waals surface area (Å²) in [6.07, 6.45) is 8.58. The molecule has 0 aliphatic rings. The highest BCUT2D eigenvalue weighted by molar-refractivity contribution is 7.94. The molecule has 0 aromatic rings. The summed E-state index contributed by atoms with van der Waals surface area (Å²) in [5.74, 6) is 0. The zero-order valence-electron chi connectivity index (χ0n) is 11.0. The molecule has 0 N–H and O–H groups in total. The van der Waals surface area contributed by atoms with E-state index in [1.165, 1.54) is 24.3 Å². The number of hydrogen-bond acceptors (Lipinski definition) is 2. The second-order valence-electron chi connectivity index (χ2n) is 2.17. The molecule has 0 atom stereocenters. The van der Waals surface area contributed by atoms with E-state index in [0.29, 0.717) is 0 Å². The normalized spacial score (nSPS) is 10.7. The topological polar surface area (TPSA) is 34.1 Å². The lowest BCUT2D eigenvalue weighted by Crippen LogP contribution is -1.97. The number of hydrogen-bond donors (Lipinski definition) is 0. The highest BCUT2D eigenvalue weighted by atomic mass is 32.2. The van der Waals surface area contributed by atoms with Crippen molar-refractivity contribution in [3.05, 3.63) is 48.4 Å². The van der Waals surface area contributed by atoms with Crippen molar-refractivity contribution in [2.45, 2.75) is 27.7 Å². The first-order valence-corrected chi connectivity index (χ1v) is 7.23. The first-order valence-electron chi connectivity index (χ1n) is 5.34. The summed E-state index contributed by atoms with van der Waals surface area (Å²) in [7, 11) is -3.14. The molecule has 0 aromatic carbocycles. The van der Waals surface area contributed by atoms with Gasteiger partial charge in [-0.15, -0.1) is 0 Å². The van der Waals surface area contributed by atoms with Gasteiger partial charge in [0.25, 0.3) is 0 Å². The molecule has 0 heterocycles. The van der Waals surface area contributed by atoms with Crippen LogP contribution in [-0.4, -0.2) is 14.7 Å². The minimum absolute atomic E-state index is 0.234. The van der Waals surface area contributed by atoms with Crippen LogP contribution in [0.15, 0.2) is 48.4 Å². The summed E-state index contributed by atoms with van der Waals surface area (Å²) in [4.78, 5) is 0.234. The smallest absolute Gasteiger partial charge is 0.175 e. The van der Waals surface area contributed by atoms with E-state index in [1.54, 1.807) is 6.08 Å². The maximum Gasteiger partial charge on any atom is 0.175 e. The molecule has 0 rings (SSSR count). The van der Waals surface area contributed by atoms with Gasteiger partial charge in [-0.05, 0) is 12.2 Å². The quantitative estimate of drug-likeness (QED) is 0.703. The van der Waals surface area contributed by atoms with Crippen molar-refractivity contribution < 1.29 is 8.42 Å². The van der Waals surface area contributed by atoms with Crippen molar-refractivity contribution in [1.29, 1.82) is 0 Å². The van der Waals surface area contributed by atoms with Crippen LogP contribution in [0.4, 0.5) is 0 Å². The second-order valence-corrected chi connectivity index (χ2v) is 4.19. The van der Waals surface area contributed by atoms with E-state index >= 15 is 0 Å². The zero-order valence-corrected chi connectivity index (χ0v) is 11.8. The predicted octanol–water partition coefficient (Wildman–Crippen LogP) is 3.90. The van der Waals surface area contributed by atoms with Crippen molar-refractivity contribution >= 4 is 9.84 Å². The zero-order chi connectivity index (χ0) is 13.6. The van der Waals surface area contributed by atoms with E-state index in [2.05, 4.69) is 13.2 Å². The van der Waals surface area contributed by atoms with Gasteiger partial charge in [0, 0.05) is 6.26 Å². The summed E-state index contributed by atoms with van der Waals surface area (Å²) < 4.78 is 22.1. The molecule has 0 radical (unpaired) electrons. The van der Waals surface area contributed by atoms with Crippen LogP contribution in [-0.2, 0) is 9.84 Å². The molecule has 94 valence electrons. The van der Waals surface area contributed by atoms with Crippen molar-refractivity contribution in [1.82, 2.24) is 0 Å². The number of sulfone groups is 1. The van der Waals surface area contributed by atoms with Gasteiger partial charge in [0.15, 0.2) is 9.84 Å². The van der Waals surface area contributed by atoms with Gasteiger partial charge in [-0.2, -0.15) is 0 Å². The number of allylic oxidation sites excluding steroid dienone is 5. The standard InChI is InChI=1S/C9H12O2S.2C2H6/c1-4-6-8-9(7-5-2)12(3,10)11;2*1-2/h4-8H,1-2H2,3H3;2*1-2H3/b8-6-,9-7+;;. The largest absolute Gasteiger partial charge is 0.224 e. The molecule has 0 aliphatic carbocycles. The fourth-order valence-electron chi connectivity index (χ4n) is 0.582. The maximum absolute atomic E-state index is 11.0. The summed E-state index contributed by atoms with van der Waals surface area (Å²) in [5, 5.41) is 0. The minimum atomic E-state index is -3.14. The Morgan fingerprint density at radius 2 is 1.44 bits per heavy atom. The van der Waals surface area contributed by atoms with Gasteiger partial charge in [0.2, 0.25) is 0 Å². The SMILES string of the molecule is C=C/C=C\C(=C/C=C)S(C)(=O)=O.CC.CC. The van der Waals surface area contributed by atoms with Gasteiger partial charge in [-0.3, -0.25) is 0 Å². The molecule has 0 aliphatic heterocycles. The van der Waals surface area contributed by atoms with E-state index in [0.717, 1.165) is 6.26 Å². The first-order chi connectivity index (χ1) is 7.52. The molecule has 0 saturated carbocycles. The highest BCUT2D eigenvalue weighted by Crippen LogP contribution is 2.06. The van der Waals surface area contributed by atoms with Crippen LogP contribution in [0.3, 0.4) is 0 Å². The Hall–Kier alpha value is -1.09. The molecule has 0 aromatic heterocycles. The fourth-order valence-corrected chi connectivity index (χ4v) is 1.25. The van der Waals surface area contributed by atoms with Gasteiger partial charge >= 0.3 is 0 Å². The highest BCUT2D eigenvalue weighted by Gasteiger charge is 2.04. The Morgan fingerprint density at radius 1 is 1.00 bits per heavy atom. The molecular formula is C13H24O2S. The van der Waals surface area contributed by atoms with Gasteiger partial charge in [-0.25, -0.2) is 8.42 Å². The average molecular weight is 244 g/mol. The van der Waals surface area contributed by atoms with E-state index in [1.807, 2.05) is 27.7 Å². The molecule has 0 fully saturated rings. The van der Waals surface area contributed by atoms with Crippen LogP contribution in [0.2, 0.25) is 0 Å². The second kappa shape index (κ2) is 13.9. The van der Waals surface area contributed by atoms with E-state index in [-0.39, 0.29) is 4.91 Å². The van der Waals surface area contributed by atoms with Gasteiger partial charge in [0.05, 0.1) is 4.91 Å². The van der Waals surface area contributed by atoms with Crippen molar-refractivity contribution in [2.24, 2.45) is 0 Å². The fraction of sp³-hybridized carbons (Fsp3) is 0.385. The lowest BCUT2D eigenvalue weighted by molar-refractivity contribution is 0.608. The van der Waals surface area contributed by atoms with Crippen LogP contribution in [0, 0.1) is 0 Å². The Balaban J connectivity index is -0.000000376. The molecule has 3 heteroatoms. The van der Waals surface area contributed by atoms with E-state index < -0.39 is 9.84 Å². The maximum atomic E-state index is 11.0. The minimum Gasteiger partial charge on any atom is -0.224 e. The summed E-state index contributed by atoms with van der Waals surface area (Å²) >= 11 is 0. The first kappa shape index (κ1) is 20.3. The van der Waals surface area contributed by atoms with Crippen LogP contribution in [0.25, 0.3) is 0 Å². The Bertz CT molecular complexity index is 320. The molecule has 0 saturated heterocycles. The summed E-state index contributed by atoms with van der Waals surface area (Å²) in [6.45, 7) is 14.9.